The lowest BCUT2D eigenvalue weighted by Gasteiger charge is -2.39. The Bertz CT molecular complexity index is 1980. The van der Waals surface area contributed by atoms with E-state index in [1.807, 2.05) is 12.1 Å². The molecule has 0 aliphatic rings. The van der Waals surface area contributed by atoms with Crippen molar-refractivity contribution in [3.8, 4) is 5.75 Å². The fraction of sp³-hybridized carbons (Fsp3) is 0.613. The molecule has 4 aromatic rings. The average molecular weight is 1080 g/mol. The number of unbranched alkanes of at least 4 members (excludes halogenated alkanes) is 9. The van der Waals surface area contributed by atoms with Gasteiger partial charge in [0, 0.05) is 21.4 Å². The lowest BCUT2D eigenvalue weighted by molar-refractivity contribution is -0.274. The minimum atomic E-state index is -4.82. The van der Waals surface area contributed by atoms with Crippen LogP contribution in [0.3, 0.4) is 0 Å². The fourth-order valence-corrected chi connectivity index (χ4v) is 34.9. The number of alkyl halides is 3. The van der Waals surface area contributed by atoms with Crippen molar-refractivity contribution in [3.05, 3.63) is 97.1 Å². The number of para-hydroxylation sites is 1. The van der Waals surface area contributed by atoms with Gasteiger partial charge in [-0.2, -0.15) is 0 Å². The van der Waals surface area contributed by atoms with Crippen LogP contribution in [0.15, 0.2) is 97.1 Å². The lowest BCUT2D eigenvalue weighted by Crippen LogP contribution is -2.49. The van der Waals surface area contributed by atoms with Crippen LogP contribution in [-0.2, 0) is 0 Å². The third-order valence-electron chi connectivity index (χ3n) is 16.1. The molecule has 0 aliphatic carbocycles. The van der Waals surface area contributed by atoms with Crippen molar-refractivity contribution in [2.45, 2.75) is 239 Å². The van der Waals surface area contributed by atoms with Gasteiger partial charge >= 0.3 is 6.36 Å². The van der Waals surface area contributed by atoms with Crippen LogP contribution >= 0.6 is 16.1 Å². The molecule has 0 heterocycles. The molecule has 10 heteroatoms. The summed E-state index contributed by atoms with van der Waals surface area (Å²) in [6, 6.07) is 48.1. The van der Waals surface area contributed by atoms with Crippen LogP contribution in [0.1, 0.15) is 178 Å². The molecule has 0 saturated carbocycles. The minimum absolute atomic E-state index is 0.0764. The average Bonchev–Trinajstić information content (AvgIpc) is 3.39. The Kier molecular flexibility index (Phi) is 28.2. The Morgan fingerprint density at radius 1 is 0.389 bits per heavy atom. The summed E-state index contributed by atoms with van der Waals surface area (Å²) in [5.41, 5.74) is 0. The summed E-state index contributed by atoms with van der Waals surface area (Å²) in [7, 11) is -6.31. The van der Waals surface area contributed by atoms with Gasteiger partial charge < -0.3 is 4.74 Å². The highest BCUT2D eigenvalue weighted by molar-refractivity contribution is 7.84. The summed E-state index contributed by atoms with van der Waals surface area (Å²) in [5, 5.41) is 9.13. The third-order valence-corrected chi connectivity index (χ3v) is 37.8. The minimum Gasteiger partial charge on any atom is -0.405 e. The first-order valence-corrected chi connectivity index (χ1v) is 39.8. The van der Waals surface area contributed by atoms with Crippen molar-refractivity contribution in [1.29, 1.82) is 0 Å². The molecule has 0 amide bonds. The zero-order valence-corrected chi connectivity index (χ0v) is 52.0. The predicted octanol–water partition coefficient (Wildman–Crippen LogP) is 18.1. The van der Waals surface area contributed by atoms with E-state index in [2.05, 4.69) is 147 Å². The van der Waals surface area contributed by atoms with Crippen LogP contribution in [0, 0.1) is 0 Å². The van der Waals surface area contributed by atoms with Crippen molar-refractivity contribution in [1.82, 2.24) is 4.44 Å². The second kappa shape index (κ2) is 32.5. The van der Waals surface area contributed by atoms with Gasteiger partial charge in [-0.1, -0.05) is 333 Å². The van der Waals surface area contributed by atoms with E-state index < -0.39 is 46.7 Å². The van der Waals surface area contributed by atoms with Gasteiger partial charge in [0.25, 0.3) is 0 Å². The maximum Gasteiger partial charge on any atom is 0.573 e. The summed E-state index contributed by atoms with van der Waals surface area (Å²) in [4.78, 5) is 0. The molecule has 1 atom stereocenters. The van der Waals surface area contributed by atoms with Gasteiger partial charge in [0.1, 0.15) is 5.75 Å². The Hall–Kier alpha value is -2.06. The number of ether oxygens (including phenoxy) is 1. The summed E-state index contributed by atoms with van der Waals surface area (Å²) in [6.45, 7) is 21.1. The van der Waals surface area contributed by atoms with Crippen molar-refractivity contribution in [3.63, 3.8) is 0 Å². The largest absolute Gasteiger partial charge is 0.573 e. The van der Waals surface area contributed by atoms with E-state index in [4.69, 9.17) is 4.74 Å². The van der Waals surface area contributed by atoms with Crippen molar-refractivity contribution >= 4 is 77.1 Å². The molecular weight excluding hydrogens is 978 g/mol. The number of hydrogen-bond acceptors (Lipinski definition) is 2. The normalized spacial score (nSPS) is 13.1. The number of hydrogen-bond donors (Lipinski definition) is 0. The first-order valence-electron chi connectivity index (χ1n) is 29.3. The molecule has 0 spiro atoms. The van der Waals surface area contributed by atoms with E-state index in [-0.39, 0.29) is 5.75 Å². The van der Waals surface area contributed by atoms with E-state index in [9.17, 15) is 13.2 Å². The number of halogens is 3. The van der Waals surface area contributed by atoms with Crippen LogP contribution in [0.5, 0.6) is 5.75 Å². The van der Waals surface area contributed by atoms with Crippen molar-refractivity contribution in [2.75, 3.05) is 7.05 Å². The Labute approximate surface area is 445 Å². The Morgan fingerprint density at radius 3 is 0.944 bits per heavy atom. The SMILES string of the molecule is CCCC[Si](CCCC)(CCCC)c1cccc(P(c2cccc([Si](CCCC)(CCCC)CCCC)c2)N(C)P(c2cccc([Si](CCCC)(CCCC)CCCC)c2)c2ccccc2OC(F)(F)F)c1. The molecular formula is C62H100F3NOP2Si3. The van der Waals surface area contributed by atoms with Crippen LogP contribution in [0.4, 0.5) is 13.2 Å². The second-order valence-electron chi connectivity index (χ2n) is 21.6. The molecule has 0 aliphatic heterocycles. The molecule has 0 radical (unpaired) electrons. The second-order valence-corrected chi connectivity index (χ2v) is 40.3. The predicted molar refractivity (Wildman–Crippen MR) is 326 cm³/mol. The first-order chi connectivity index (χ1) is 34.8. The zero-order chi connectivity index (χ0) is 52.5. The molecule has 402 valence electrons. The van der Waals surface area contributed by atoms with Gasteiger partial charge in [-0.05, 0) is 35.1 Å². The maximum atomic E-state index is 14.7. The Morgan fingerprint density at radius 2 is 0.667 bits per heavy atom. The summed E-state index contributed by atoms with van der Waals surface area (Å²) >= 11 is 0. The van der Waals surface area contributed by atoms with Crippen LogP contribution in [-0.4, -0.2) is 42.1 Å². The molecule has 0 aromatic heterocycles. The smallest absolute Gasteiger partial charge is 0.405 e. The molecule has 2 nitrogen and oxygen atoms in total. The van der Waals surface area contributed by atoms with Gasteiger partial charge in [0.05, 0.1) is 24.2 Å². The van der Waals surface area contributed by atoms with Crippen LogP contribution in [0.2, 0.25) is 54.4 Å². The molecule has 0 fully saturated rings. The number of benzene rings is 4. The Balaban J connectivity index is 2.19. The number of nitrogens with zero attached hydrogens (tertiary/aromatic N) is 1. The van der Waals surface area contributed by atoms with Crippen molar-refractivity contribution in [2.24, 2.45) is 0 Å². The topological polar surface area (TPSA) is 12.5 Å². The van der Waals surface area contributed by atoms with Crippen molar-refractivity contribution < 1.29 is 17.9 Å². The third kappa shape index (κ3) is 17.8. The van der Waals surface area contributed by atoms with E-state index in [1.54, 1.807) is 22.5 Å². The van der Waals surface area contributed by atoms with Crippen LogP contribution < -0.4 is 41.5 Å². The highest BCUT2D eigenvalue weighted by Gasteiger charge is 2.40. The molecule has 4 rings (SSSR count). The fourth-order valence-electron chi connectivity index (χ4n) is 11.8. The maximum absolute atomic E-state index is 14.7. The number of rotatable bonds is 37. The van der Waals surface area contributed by atoms with Gasteiger partial charge in [0.15, 0.2) is 0 Å². The highest BCUT2D eigenvalue weighted by atomic mass is 31.2. The van der Waals surface area contributed by atoms with E-state index >= 15 is 0 Å². The van der Waals surface area contributed by atoms with Gasteiger partial charge in [-0.15, -0.1) is 13.2 Å². The molecule has 0 N–H and O–H groups in total. The molecule has 72 heavy (non-hydrogen) atoms. The molecule has 1 unspecified atom stereocenters. The van der Waals surface area contributed by atoms with Gasteiger partial charge in [-0.3, -0.25) is 0 Å². The lowest BCUT2D eigenvalue weighted by atomic mass is 10.3. The standard InChI is InChI=1S/C62H100F3NOP2Si3/c1-11-20-42-70(43-21-12-2,44-22-13-3)57-37-31-34-54(51-57)68(55-35-32-38-58(52-55)71(45-23-14-4,46-24-15-5)47-25-16-6)66(10)69(61-41-30-29-40-60(61)67-62(63,64)65)56-36-33-39-59(53-56)72(48-26-17-7,49-27-18-8)50-28-19-9/h29-41,51-53H,11-28,42-50H2,1-10H3. The summed E-state index contributed by atoms with van der Waals surface area (Å²) in [5.74, 6) is -0.0764. The molecule has 0 bridgehead atoms. The monoisotopic (exact) mass is 1080 g/mol. The summed E-state index contributed by atoms with van der Waals surface area (Å²) in [6.07, 6.45) is 17.2. The summed E-state index contributed by atoms with van der Waals surface area (Å²) < 4.78 is 51.7. The molecule has 4 aromatic carbocycles. The quantitative estimate of drug-likeness (QED) is 0.0330. The van der Waals surface area contributed by atoms with E-state index in [0.29, 0.717) is 5.30 Å². The highest BCUT2D eigenvalue weighted by Crippen LogP contribution is 2.54. The zero-order valence-electron chi connectivity index (χ0n) is 47.2. The van der Waals surface area contributed by atoms with Crippen LogP contribution in [0.25, 0.3) is 0 Å². The van der Waals surface area contributed by atoms with E-state index in [1.165, 1.54) is 186 Å². The van der Waals surface area contributed by atoms with Gasteiger partial charge in [0.2, 0.25) is 0 Å². The molecule has 0 saturated heterocycles. The van der Waals surface area contributed by atoms with E-state index in [0.717, 1.165) is 5.30 Å². The van der Waals surface area contributed by atoms with Gasteiger partial charge in [-0.25, -0.2) is 4.44 Å². The first kappa shape index (κ1) is 62.5.